The fraction of sp³-hybridized carbons (Fsp3) is 0.529. The summed E-state index contributed by atoms with van der Waals surface area (Å²) in [6.07, 6.45) is -0.575. The molecule has 2 fully saturated rings. The molecule has 1 amide bonds. The van der Waals surface area contributed by atoms with Gasteiger partial charge in [0.25, 0.3) is 0 Å². The van der Waals surface area contributed by atoms with Crippen molar-refractivity contribution < 1.29 is 19.1 Å². The molecule has 1 N–H and O–H groups in total. The van der Waals surface area contributed by atoms with Gasteiger partial charge >= 0.3 is 12.1 Å². The number of carbonyl (C=O) groups excluding carboxylic acids is 2. The molecule has 0 bridgehead atoms. The van der Waals surface area contributed by atoms with Gasteiger partial charge in [0, 0.05) is 45.3 Å². The summed E-state index contributed by atoms with van der Waals surface area (Å²) < 4.78 is 10.2. The van der Waals surface area contributed by atoms with E-state index in [-0.39, 0.29) is 6.61 Å². The van der Waals surface area contributed by atoms with Gasteiger partial charge in [-0.1, -0.05) is 30.3 Å². The summed E-state index contributed by atoms with van der Waals surface area (Å²) in [5.41, 5.74) is 0.970. The summed E-state index contributed by atoms with van der Waals surface area (Å²) in [6.45, 7) is 4.93. The fourth-order valence-electron chi connectivity index (χ4n) is 3.06. The zero-order valence-corrected chi connectivity index (χ0v) is 13.6. The molecule has 0 aliphatic carbocycles. The Balaban J connectivity index is 1.39. The van der Waals surface area contributed by atoms with E-state index in [1.165, 1.54) is 0 Å². The third-order valence-electron chi connectivity index (χ3n) is 4.35. The first-order chi connectivity index (χ1) is 11.7. The predicted molar refractivity (Wildman–Crippen MR) is 87.4 cm³/mol. The number of piperazine rings is 2. The van der Waals surface area contributed by atoms with Gasteiger partial charge in [-0.3, -0.25) is 4.90 Å². The summed E-state index contributed by atoms with van der Waals surface area (Å²) in [5.74, 6) is -0.653. The van der Waals surface area contributed by atoms with E-state index in [9.17, 15) is 9.59 Å². The quantitative estimate of drug-likeness (QED) is 0.637. The Labute approximate surface area is 141 Å². The molecule has 130 valence electrons. The normalized spacial score (nSPS) is 21.2. The molecule has 0 radical (unpaired) electrons. The molecule has 2 saturated heterocycles. The first-order valence-electron chi connectivity index (χ1n) is 8.28. The van der Waals surface area contributed by atoms with Gasteiger partial charge < -0.3 is 19.7 Å². The van der Waals surface area contributed by atoms with Gasteiger partial charge in [-0.05, 0) is 5.56 Å². The number of nitrogens with one attached hydrogen (secondary N) is 1. The lowest BCUT2D eigenvalue weighted by Crippen LogP contribution is -2.62. The van der Waals surface area contributed by atoms with E-state index in [0.717, 1.165) is 31.7 Å². The van der Waals surface area contributed by atoms with Crippen LogP contribution in [0, 0.1) is 0 Å². The average molecular weight is 333 g/mol. The number of hydrogen-bond acceptors (Lipinski definition) is 6. The minimum absolute atomic E-state index is 0.231. The smallest absolute Gasteiger partial charge is 0.374 e. The zero-order valence-electron chi connectivity index (χ0n) is 13.6. The first-order valence-corrected chi connectivity index (χ1v) is 8.28. The summed E-state index contributed by atoms with van der Waals surface area (Å²) in [6, 6.07) is 9.84. The Hall–Kier alpha value is -1.96. The Morgan fingerprint density at radius 2 is 2.00 bits per heavy atom. The highest BCUT2D eigenvalue weighted by Crippen LogP contribution is 2.12. The van der Waals surface area contributed by atoms with Crippen LogP contribution in [0.15, 0.2) is 30.3 Å². The number of benzene rings is 1. The number of esters is 1. The highest BCUT2D eigenvalue weighted by molar-refractivity contribution is 5.85. The minimum atomic E-state index is -0.653. The molecule has 1 atom stereocenters. The van der Waals surface area contributed by atoms with Crippen LogP contribution >= 0.6 is 0 Å². The van der Waals surface area contributed by atoms with Crippen LogP contribution in [-0.2, 0) is 20.9 Å². The lowest BCUT2D eigenvalue weighted by molar-refractivity contribution is -0.144. The standard InChI is InChI=1S/C17H23N3O4/c21-16(13-23-12-14-4-2-1-3-5-14)24-17(22)20-9-8-19-7-6-18-10-15(19)11-20/h1-5,15,18H,6-13H2. The van der Waals surface area contributed by atoms with Gasteiger partial charge in [-0.25, -0.2) is 9.59 Å². The molecular formula is C17H23N3O4. The molecule has 0 aromatic heterocycles. The van der Waals surface area contributed by atoms with E-state index in [2.05, 4.69) is 10.2 Å². The maximum Gasteiger partial charge on any atom is 0.417 e. The molecule has 0 spiro atoms. The Kier molecular flexibility index (Phi) is 5.79. The first kappa shape index (κ1) is 16.9. The SMILES string of the molecule is O=C(COCc1ccccc1)OC(=O)N1CCN2CCNCC2C1. The number of amides is 1. The van der Waals surface area contributed by atoms with E-state index in [1.807, 2.05) is 30.3 Å². The molecular weight excluding hydrogens is 310 g/mol. The lowest BCUT2D eigenvalue weighted by atomic mass is 10.1. The van der Waals surface area contributed by atoms with Gasteiger partial charge in [0.05, 0.1) is 6.61 Å². The van der Waals surface area contributed by atoms with E-state index >= 15 is 0 Å². The second kappa shape index (κ2) is 8.23. The van der Waals surface area contributed by atoms with Crippen molar-refractivity contribution in [3.63, 3.8) is 0 Å². The summed E-state index contributed by atoms with van der Waals surface area (Å²) in [5, 5.41) is 3.32. The van der Waals surface area contributed by atoms with Gasteiger partial charge in [-0.15, -0.1) is 0 Å². The molecule has 2 aliphatic rings. The molecule has 7 nitrogen and oxygen atoms in total. The Morgan fingerprint density at radius 1 is 1.17 bits per heavy atom. The predicted octanol–water partition coefficient (Wildman–Crippen LogP) is 0.456. The van der Waals surface area contributed by atoms with Crippen LogP contribution < -0.4 is 5.32 Å². The summed E-state index contributed by atoms with van der Waals surface area (Å²) in [7, 11) is 0. The third-order valence-corrected chi connectivity index (χ3v) is 4.35. The molecule has 2 heterocycles. The van der Waals surface area contributed by atoms with Crippen LogP contribution in [0.25, 0.3) is 0 Å². The number of carbonyl (C=O) groups is 2. The van der Waals surface area contributed by atoms with Crippen molar-refractivity contribution in [2.24, 2.45) is 0 Å². The van der Waals surface area contributed by atoms with Crippen LogP contribution in [0.3, 0.4) is 0 Å². The minimum Gasteiger partial charge on any atom is -0.374 e. The highest BCUT2D eigenvalue weighted by Gasteiger charge is 2.32. The summed E-state index contributed by atoms with van der Waals surface area (Å²) >= 11 is 0. The molecule has 1 aromatic carbocycles. The van der Waals surface area contributed by atoms with Gasteiger partial charge in [0.2, 0.25) is 0 Å². The largest absolute Gasteiger partial charge is 0.417 e. The fourth-order valence-corrected chi connectivity index (χ4v) is 3.06. The average Bonchev–Trinajstić information content (AvgIpc) is 2.62. The molecule has 1 aromatic rings. The van der Waals surface area contributed by atoms with Crippen LogP contribution in [0.1, 0.15) is 5.56 Å². The van der Waals surface area contributed by atoms with Crippen molar-refractivity contribution in [2.45, 2.75) is 12.6 Å². The van der Waals surface area contributed by atoms with E-state index in [0.29, 0.717) is 25.7 Å². The lowest BCUT2D eigenvalue weighted by Gasteiger charge is -2.43. The van der Waals surface area contributed by atoms with Crippen molar-refractivity contribution in [2.75, 3.05) is 45.9 Å². The van der Waals surface area contributed by atoms with Crippen molar-refractivity contribution in [1.82, 2.24) is 15.1 Å². The van der Waals surface area contributed by atoms with Crippen LogP contribution in [0.4, 0.5) is 4.79 Å². The second-order valence-electron chi connectivity index (χ2n) is 6.06. The zero-order chi connectivity index (χ0) is 16.8. The van der Waals surface area contributed by atoms with Crippen molar-refractivity contribution in [3.05, 3.63) is 35.9 Å². The molecule has 24 heavy (non-hydrogen) atoms. The number of hydrogen-bond donors (Lipinski definition) is 1. The Bertz CT molecular complexity index is 566. The Morgan fingerprint density at radius 3 is 2.83 bits per heavy atom. The van der Waals surface area contributed by atoms with Crippen LogP contribution in [0.5, 0.6) is 0 Å². The van der Waals surface area contributed by atoms with Crippen molar-refractivity contribution >= 4 is 12.1 Å². The van der Waals surface area contributed by atoms with Gasteiger partial charge in [0.1, 0.15) is 6.61 Å². The number of rotatable bonds is 4. The highest BCUT2D eigenvalue weighted by atomic mass is 16.6. The van der Waals surface area contributed by atoms with Crippen molar-refractivity contribution in [3.8, 4) is 0 Å². The second-order valence-corrected chi connectivity index (χ2v) is 6.06. The maximum absolute atomic E-state index is 12.1. The van der Waals surface area contributed by atoms with Gasteiger partial charge in [-0.2, -0.15) is 0 Å². The third kappa shape index (κ3) is 4.53. The van der Waals surface area contributed by atoms with E-state index < -0.39 is 12.1 Å². The maximum atomic E-state index is 12.1. The molecule has 1 unspecified atom stereocenters. The van der Waals surface area contributed by atoms with Gasteiger partial charge in [0.15, 0.2) is 0 Å². The topological polar surface area (TPSA) is 71.1 Å². The van der Waals surface area contributed by atoms with E-state index in [4.69, 9.17) is 9.47 Å². The number of nitrogens with zero attached hydrogens (tertiary/aromatic N) is 2. The van der Waals surface area contributed by atoms with Crippen molar-refractivity contribution in [1.29, 1.82) is 0 Å². The van der Waals surface area contributed by atoms with Crippen LogP contribution in [0.2, 0.25) is 0 Å². The van der Waals surface area contributed by atoms with E-state index in [1.54, 1.807) is 4.90 Å². The molecule has 7 heteroatoms. The van der Waals surface area contributed by atoms with Crippen LogP contribution in [-0.4, -0.2) is 73.8 Å². The monoisotopic (exact) mass is 333 g/mol. The molecule has 0 saturated carbocycles. The number of ether oxygens (including phenoxy) is 2. The number of fused-ring (bicyclic) bond motifs is 1. The molecule has 3 rings (SSSR count). The summed E-state index contributed by atoms with van der Waals surface area (Å²) in [4.78, 5) is 27.8. The molecule has 2 aliphatic heterocycles.